The number of nitrogens with zero attached hydrogens (tertiary/aromatic N) is 1. The molecule has 0 bridgehead atoms. The highest BCUT2D eigenvalue weighted by molar-refractivity contribution is 5.92. The average Bonchev–Trinajstić information content (AvgIpc) is 2.70. The van der Waals surface area contributed by atoms with Gasteiger partial charge in [0.05, 0.1) is 0 Å². The zero-order chi connectivity index (χ0) is 25.2. The summed E-state index contributed by atoms with van der Waals surface area (Å²) in [5, 5.41) is 5.64. The van der Waals surface area contributed by atoms with Crippen molar-refractivity contribution in [2.75, 3.05) is 13.1 Å². The predicted molar refractivity (Wildman–Crippen MR) is 132 cm³/mol. The van der Waals surface area contributed by atoms with Gasteiger partial charge in [-0.3, -0.25) is 9.59 Å². The van der Waals surface area contributed by atoms with E-state index in [0.29, 0.717) is 19.5 Å². The Balaban J connectivity index is 3.23. The molecule has 1 aromatic rings. The summed E-state index contributed by atoms with van der Waals surface area (Å²) in [6, 6.07) is 4.28. The zero-order valence-electron chi connectivity index (χ0n) is 21.7. The normalized spacial score (nSPS) is 13.1. The van der Waals surface area contributed by atoms with Crippen molar-refractivity contribution >= 4 is 17.9 Å². The molecule has 0 spiro atoms. The van der Waals surface area contributed by atoms with Gasteiger partial charge in [-0.15, -0.1) is 0 Å². The number of unbranched alkanes of at least 4 members (excludes halogenated alkanes) is 2. The van der Waals surface area contributed by atoms with Crippen LogP contribution < -0.4 is 10.6 Å². The highest BCUT2D eigenvalue weighted by Crippen LogP contribution is 2.26. The number of rotatable bonds is 11. The van der Waals surface area contributed by atoms with Gasteiger partial charge in [0, 0.05) is 13.1 Å². The number of aryl methyl sites for hydroxylation is 2. The number of alkyl carbamates (subject to hydrolysis) is 1. The Morgan fingerprint density at radius 3 is 2.27 bits per heavy atom. The zero-order valence-corrected chi connectivity index (χ0v) is 21.7. The van der Waals surface area contributed by atoms with Gasteiger partial charge in [-0.2, -0.15) is 0 Å². The summed E-state index contributed by atoms with van der Waals surface area (Å²) in [6.07, 6.45) is 3.00. The molecule has 2 unspecified atom stereocenters. The largest absolute Gasteiger partial charge is 0.444 e. The molecule has 0 heterocycles. The molecule has 0 aliphatic heterocycles. The van der Waals surface area contributed by atoms with E-state index in [1.165, 1.54) is 0 Å². The van der Waals surface area contributed by atoms with Gasteiger partial charge >= 0.3 is 6.09 Å². The van der Waals surface area contributed by atoms with Crippen molar-refractivity contribution in [2.45, 2.75) is 98.8 Å². The molecule has 0 fully saturated rings. The van der Waals surface area contributed by atoms with Gasteiger partial charge < -0.3 is 20.3 Å². The van der Waals surface area contributed by atoms with Gasteiger partial charge in [0.15, 0.2) is 0 Å². The van der Waals surface area contributed by atoms with Gasteiger partial charge in [0.25, 0.3) is 0 Å². The molecular formula is C26H43N3O4. The maximum Gasteiger partial charge on any atom is 0.408 e. The number of benzene rings is 1. The van der Waals surface area contributed by atoms with Crippen LogP contribution in [0.4, 0.5) is 4.79 Å². The van der Waals surface area contributed by atoms with E-state index in [0.717, 1.165) is 36.0 Å². The van der Waals surface area contributed by atoms with Crippen molar-refractivity contribution < 1.29 is 19.1 Å². The third-order valence-electron chi connectivity index (χ3n) is 5.21. The number of nitrogens with one attached hydrogen (secondary N) is 2. The summed E-state index contributed by atoms with van der Waals surface area (Å²) in [6.45, 7) is 15.9. The second-order valence-corrected chi connectivity index (χ2v) is 9.66. The van der Waals surface area contributed by atoms with Gasteiger partial charge in [-0.1, -0.05) is 50.5 Å². The lowest BCUT2D eigenvalue weighted by Gasteiger charge is -2.34. The summed E-state index contributed by atoms with van der Waals surface area (Å²) in [4.78, 5) is 40.7. The minimum Gasteiger partial charge on any atom is -0.444 e. The lowest BCUT2D eigenvalue weighted by Crippen LogP contribution is -2.52. The quantitative estimate of drug-likeness (QED) is 0.463. The standard InChI is InChI=1S/C26H43N3O4/c1-9-11-12-15-27-23(30)22(21-14-13-18(3)17-19(21)4)29(16-10-2)24(31)20(5)28-25(32)33-26(6,7)8/h13-14,17,20,22H,9-12,15-16H2,1-8H3,(H,27,30)(H,28,32). The molecule has 7 heteroatoms. The van der Waals surface area contributed by atoms with Crippen molar-refractivity contribution in [1.29, 1.82) is 0 Å². The van der Waals surface area contributed by atoms with Crippen molar-refractivity contribution in [3.05, 3.63) is 34.9 Å². The monoisotopic (exact) mass is 461 g/mol. The van der Waals surface area contributed by atoms with E-state index in [-0.39, 0.29) is 11.8 Å². The SMILES string of the molecule is CCCCCNC(=O)C(c1ccc(C)cc1C)N(CCC)C(=O)C(C)NC(=O)OC(C)(C)C. The molecule has 0 aromatic heterocycles. The molecule has 186 valence electrons. The minimum absolute atomic E-state index is 0.204. The van der Waals surface area contributed by atoms with Crippen LogP contribution in [0.15, 0.2) is 18.2 Å². The first-order valence-corrected chi connectivity index (χ1v) is 12.1. The Hall–Kier alpha value is -2.57. The summed E-state index contributed by atoms with van der Waals surface area (Å²) in [7, 11) is 0. The molecule has 33 heavy (non-hydrogen) atoms. The van der Waals surface area contributed by atoms with Crippen LogP contribution in [0.3, 0.4) is 0 Å². The lowest BCUT2D eigenvalue weighted by molar-refractivity contribution is -0.142. The molecule has 3 amide bonds. The minimum atomic E-state index is -0.840. The third-order valence-corrected chi connectivity index (χ3v) is 5.21. The third kappa shape index (κ3) is 9.44. The Morgan fingerprint density at radius 1 is 1.06 bits per heavy atom. The summed E-state index contributed by atoms with van der Waals surface area (Å²) in [5.41, 5.74) is 2.16. The maximum absolute atomic E-state index is 13.5. The number of amides is 3. The van der Waals surface area contributed by atoms with E-state index in [4.69, 9.17) is 4.74 Å². The topological polar surface area (TPSA) is 87.7 Å². The first-order chi connectivity index (χ1) is 15.4. The van der Waals surface area contributed by atoms with Gasteiger partial charge in [-0.05, 0) is 65.5 Å². The molecule has 2 atom stereocenters. The van der Waals surface area contributed by atoms with Crippen molar-refractivity contribution in [3.8, 4) is 0 Å². The van der Waals surface area contributed by atoms with Gasteiger partial charge in [0.1, 0.15) is 17.7 Å². The van der Waals surface area contributed by atoms with E-state index >= 15 is 0 Å². The Kier molecular flexibility index (Phi) is 11.4. The first kappa shape index (κ1) is 28.5. The molecule has 0 aliphatic rings. The van der Waals surface area contributed by atoms with Gasteiger partial charge in [0.2, 0.25) is 11.8 Å². The maximum atomic E-state index is 13.5. The van der Waals surface area contributed by atoms with Crippen LogP contribution in [0.1, 0.15) is 90.0 Å². The van der Waals surface area contributed by atoms with Crippen molar-refractivity contribution in [2.24, 2.45) is 0 Å². The fourth-order valence-electron chi connectivity index (χ4n) is 3.67. The Labute approximate surface area is 199 Å². The van der Waals surface area contributed by atoms with Crippen LogP contribution in [0.2, 0.25) is 0 Å². The Bertz CT molecular complexity index is 801. The molecular weight excluding hydrogens is 418 g/mol. The second-order valence-electron chi connectivity index (χ2n) is 9.66. The number of hydrogen-bond donors (Lipinski definition) is 2. The van der Waals surface area contributed by atoms with Crippen molar-refractivity contribution in [3.63, 3.8) is 0 Å². The fraction of sp³-hybridized carbons (Fsp3) is 0.654. The summed E-state index contributed by atoms with van der Waals surface area (Å²) < 4.78 is 5.30. The number of hydrogen-bond acceptors (Lipinski definition) is 4. The molecule has 0 aliphatic carbocycles. The van der Waals surface area contributed by atoms with E-state index in [9.17, 15) is 14.4 Å². The number of carbonyl (C=O) groups excluding carboxylic acids is 3. The van der Waals surface area contributed by atoms with Crippen LogP contribution in [-0.2, 0) is 14.3 Å². The molecule has 1 rings (SSSR count). The molecule has 0 radical (unpaired) electrons. The second kappa shape index (κ2) is 13.2. The smallest absolute Gasteiger partial charge is 0.408 e. The molecule has 0 saturated carbocycles. The highest BCUT2D eigenvalue weighted by Gasteiger charge is 2.34. The number of ether oxygens (including phenoxy) is 1. The molecule has 2 N–H and O–H groups in total. The highest BCUT2D eigenvalue weighted by atomic mass is 16.6. The van der Waals surface area contributed by atoms with E-state index in [1.807, 2.05) is 39.0 Å². The lowest BCUT2D eigenvalue weighted by atomic mass is 9.96. The number of carbonyl (C=O) groups is 3. The summed E-state index contributed by atoms with van der Waals surface area (Å²) in [5.74, 6) is -0.527. The van der Waals surface area contributed by atoms with Crippen LogP contribution in [-0.4, -0.2) is 47.5 Å². The van der Waals surface area contributed by atoms with Crippen LogP contribution >= 0.6 is 0 Å². The molecule has 0 saturated heterocycles. The Morgan fingerprint density at radius 2 is 1.73 bits per heavy atom. The van der Waals surface area contributed by atoms with E-state index in [2.05, 4.69) is 17.6 Å². The predicted octanol–water partition coefficient (Wildman–Crippen LogP) is 4.80. The first-order valence-electron chi connectivity index (χ1n) is 12.1. The average molecular weight is 462 g/mol. The fourth-order valence-corrected chi connectivity index (χ4v) is 3.67. The molecule has 7 nitrogen and oxygen atoms in total. The van der Waals surface area contributed by atoms with Crippen molar-refractivity contribution in [1.82, 2.24) is 15.5 Å². The van der Waals surface area contributed by atoms with Gasteiger partial charge in [-0.25, -0.2) is 4.79 Å². The van der Waals surface area contributed by atoms with E-state index in [1.54, 1.807) is 32.6 Å². The van der Waals surface area contributed by atoms with Crippen LogP contribution in [0.25, 0.3) is 0 Å². The van der Waals surface area contributed by atoms with Crippen LogP contribution in [0, 0.1) is 13.8 Å². The molecule has 1 aromatic carbocycles. The van der Waals surface area contributed by atoms with E-state index < -0.39 is 23.8 Å². The van der Waals surface area contributed by atoms with Crippen LogP contribution in [0.5, 0.6) is 0 Å². The summed E-state index contributed by atoms with van der Waals surface area (Å²) >= 11 is 0.